The van der Waals surface area contributed by atoms with Crippen molar-refractivity contribution < 1.29 is 18.3 Å². The number of halogens is 3. The van der Waals surface area contributed by atoms with E-state index in [1.54, 1.807) is 6.07 Å². The fraction of sp³-hybridized carbons (Fsp3) is 0.625. The van der Waals surface area contributed by atoms with Crippen LogP contribution in [0, 0.1) is 11.8 Å². The second-order valence-corrected chi connectivity index (χ2v) is 6.17. The van der Waals surface area contributed by atoms with E-state index in [-0.39, 0.29) is 5.56 Å². The summed E-state index contributed by atoms with van der Waals surface area (Å²) in [7, 11) is 0. The molecule has 0 bridgehead atoms. The van der Waals surface area contributed by atoms with E-state index in [0.29, 0.717) is 11.8 Å². The molecule has 0 spiro atoms. The van der Waals surface area contributed by atoms with Gasteiger partial charge in [0.1, 0.15) is 0 Å². The molecule has 1 unspecified atom stereocenters. The van der Waals surface area contributed by atoms with Crippen LogP contribution in [0.1, 0.15) is 50.5 Å². The van der Waals surface area contributed by atoms with Gasteiger partial charge in [-0.1, -0.05) is 45.9 Å². The Balaban J connectivity index is 3.13. The van der Waals surface area contributed by atoms with Gasteiger partial charge in [0.05, 0.1) is 0 Å². The van der Waals surface area contributed by atoms with Gasteiger partial charge in [0.25, 0.3) is 0 Å². The van der Waals surface area contributed by atoms with E-state index in [0.717, 1.165) is 24.0 Å². The average molecular weight is 288 g/mol. The molecular formula is C16H23F3O. The molecule has 0 fully saturated rings. The highest BCUT2D eigenvalue weighted by Crippen LogP contribution is 2.33. The van der Waals surface area contributed by atoms with Crippen molar-refractivity contribution in [3.8, 4) is 0 Å². The monoisotopic (exact) mass is 288 g/mol. The van der Waals surface area contributed by atoms with Crippen LogP contribution in [0.5, 0.6) is 0 Å². The van der Waals surface area contributed by atoms with Crippen molar-refractivity contribution in [1.82, 2.24) is 0 Å². The molecule has 0 aliphatic carbocycles. The molecule has 20 heavy (non-hydrogen) atoms. The lowest BCUT2D eigenvalue weighted by Gasteiger charge is -2.19. The molecule has 0 saturated carbocycles. The van der Waals surface area contributed by atoms with Gasteiger partial charge in [-0.25, -0.2) is 0 Å². The van der Waals surface area contributed by atoms with Crippen LogP contribution in [0.4, 0.5) is 13.2 Å². The Morgan fingerprint density at radius 3 is 1.90 bits per heavy atom. The summed E-state index contributed by atoms with van der Waals surface area (Å²) in [5.74, 6) is 0.804. The Bertz CT molecular complexity index is 436. The predicted octanol–water partition coefficient (Wildman–Crippen LogP) is 4.68. The van der Waals surface area contributed by atoms with Crippen LogP contribution >= 0.6 is 0 Å². The third-order valence-corrected chi connectivity index (χ3v) is 3.11. The first-order valence-corrected chi connectivity index (χ1v) is 6.97. The number of hydrogen-bond acceptors (Lipinski definition) is 1. The highest BCUT2D eigenvalue weighted by Gasteiger charge is 2.39. The van der Waals surface area contributed by atoms with Crippen molar-refractivity contribution in [3.05, 3.63) is 34.9 Å². The van der Waals surface area contributed by atoms with Gasteiger partial charge in [0.2, 0.25) is 0 Å². The number of benzene rings is 1. The molecular weight excluding hydrogens is 265 g/mol. The largest absolute Gasteiger partial charge is 0.418 e. The van der Waals surface area contributed by atoms with Crippen LogP contribution in [0.25, 0.3) is 0 Å². The Hall–Kier alpha value is -1.03. The first-order chi connectivity index (χ1) is 9.11. The summed E-state index contributed by atoms with van der Waals surface area (Å²) < 4.78 is 37.8. The fourth-order valence-corrected chi connectivity index (χ4v) is 2.27. The zero-order valence-corrected chi connectivity index (χ0v) is 12.5. The van der Waals surface area contributed by atoms with E-state index >= 15 is 0 Å². The van der Waals surface area contributed by atoms with Crippen molar-refractivity contribution in [2.24, 2.45) is 11.8 Å². The third-order valence-electron chi connectivity index (χ3n) is 3.11. The summed E-state index contributed by atoms with van der Waals surface area (Å²) >= 11 is 0. The first kappa shape index (κ1) is 17.0. The predicted molar refractivity (Wildman–Crippen MR) is 74.5 cm³/mol. The van der Waals surface area contributed by atoms with Crippen LogP contribution in [-0.4, -0.2) is 11.3 Å². The number of hydrogen-bond donors (Lipinski definition) is 1. The minimum Gasteiger partial charge on any atom is -0.379 e. The second-order valence-electron chi connectivity index (χ2n) is 6.17. The van der Waals surface area contributed by atoms with Crippen LogP contribution in [-0.2, 0) is 12.8 Å². The molecule has 0 aromatic heterocycles. The SMILES string of the molecule is CC(C)Cc1ccc(C(O)C(F)(F)F)cc1CC(C)C. The number of aliphatic hydroxyl groups is 1. The summed E-state index contributed by atoms with van der Waals surface area (Å²) in [6.45, 7) is 8.23. The Morgan fingerprint density at radius 2 is 1.45 bits per heavy atom. The van der Waals surface area contributed by atoms with E-state index in [9.17, 15) is 18.3 Å². The number of alkyl halides is 3. The third kappa shape index (κ3) is 4.82. The lowest BCUT2D eigenvalue weighted by molar-refractivity contribution is -0.206. The Morgan fingerprint density at radius 1 is 0.950 bits per heavy atom. The van der Waals surface area contributed by atoms with Crippen molar-refractivity contribution in [1.29, 1.82) is 0 Å². The van der Waals surface area contributed by atoms with Crippen molar-refractivity contribution >= 4 is 0 Å². The molecule has 1 N–H and O–H groups in total. The smallest absolute Gasteiger partial charge is 0.379 e. The summed E-state index contributed by atoms with van der Waals surface area (Å²) in [6.07, 6.45) is -5.46. The van der Waals surface area contributed by atoms with E-state index in [4.69, 9.17) is 0 Å². The molecule has 0 saturated heterocycles. The topological polar surface area (TPSA) is 20.2 Å². The fourth-order valence-electron chi connectivity index (χ4n) is 2.27. The highest BCUT2D eigenvalue weighted by molar-refractivity contribution is 5.34. The van der Waals surface area contributed by atoms with Crippen molar-refractivity contribution in [2.45, 2.75) is 52.8 Å². The molecule has 0 aliphatic rings. The highest BCUT2D eigenvalue weighted by atomic mass is 19.4. The maximum atomic E-state index is 12.6. The number of aliphatic hydroxyl groups excluding tert-OH is 1. The summed E-state index contributed by atoms with van der Waals surface area (Å²) in [6, 6.07) is 4.62. The van der Waals surface area contributed by atoms with Crippen LogP contribution in [0.3, 0.4) is 0 Å². The van der Waals surface area contributed by atoms with E-state index in [2.05, 4.69) is 13.8 Å². The van der Waals surface area contributed by atoms with Gasteiger partial charge in [-0.15, -0.1) is 0 Å². The standard InChI is InChI=1S/C16H23F3O/c1-10(2)7-12-5-6-13(15(20)16(17,18)19)9-14(12)8-11(3)4/h5-6,9-11,15,20H,7-8H2,1-4H3. The molecule has 1 aromatic rings. The molecule has 114 valence electrons. The van der Waals surface area contributed by atoms with Gasteiger partial charge in [0, 0.05) is 0 Å². The minimum absolute atomic E-state index is 0.0688. The maximum absolute atomic E-state index is 12.6. The molecule has 1 nitrogen and oxygen atoms in total. The van der Waals surface area contributed by atoms with Crippen molar-refractivity contribution in [2.75, 3.05) is 0 Å². The Labute approximate surface area is 118 Å². The minimum atomic E-state index is -4.62. The average Bonchev–Trinajstić information content (AvgIpc) is 2.28. The summed E-state index contributed by atoms with van der Waals surface area (Å²) in [4.78, 5) is 0. The normalized spacial score (nSPS) is 14.1. The molecule has 1 aromatic carbocycles. The maximum Gasteiger partial charge on any atom is 0.418 e. The van der Waals surface area contributed by atoms with Crippen molar-refractivity contribution in [3.63, 3.8) is 0 Å². The lowest BCUT2D eigenvalue weighted by Crippen LogP contribution is -2.20. The molecule has 0 radical (unpaired) electrons. The molecule has 0 aliphatic heterocycles. The van der Waals surface area contributed by atoms with Gasteiger partial charge >= 0.3 is 6.18 Å². The van der Waals surface area contributed by atoms with E-state index in [1.165, 1.54) is 12.1 Å². The van der Waals surface area contributed by atoms with Gasteiger partial charge in [-0.05, 0) is 41.4 Å². The zero-order chi connectivity index (χ0) is 15.5. The van der Waals surface area contributed by atoms with Gasteiger partial charge in [0.15, 0.2) is 6.10 Å². The van der Waals surface area contributed by atoms with Gasteiger partial charge in [-0.3, -0.25) is 0 Å². The first-order valence-electron chi connectivity index (χ1n) is 6.97. The van der Waals surface area contributed by atoms with Crippen LogP contribution in [0.2, 0.25) is 0 Å². The molecule has 0 amide bonds. The van der Waals surface area contributed by atoms with E-state index in [1.807, 2.05) is 13.8 Å². The molecule has 4 heteroatoms. The van der Waals surface area contributed by atoms with E-state index < -0.39 is 12.3 Å². The molecule has 0 heterocycles. The second kappa shape index (κ2) is 6.61. The number of rotatable bonds is 5. The lowest BCUT2D eigenvalue weighted by atomic mass is 9.90. The van der Waals surface area contributed by atoms with Gasteiger partial charge in [-0.2, -0.15) is 13.2 Å². The van der Waals surface area contributed by atoms with Crippen LogP contribution in [0.15, 0.2) is 18.2 Å². The Kier molecular flexibility index (Phi) is 5.63. The van der Waals surface area contributed by atoms with Crippen LogP contribution < -0.4 is 0 Å². The summed E-state index contributed by atoms with van der Waals surface area (Å²) in [5.41, 5.74) is 1.92. The summed E-state index contributed by atoms with van der Waals surface area (Å²) in [5, 5.41) is 9.36. The molecule has 1 atom stereocenters. The quantitative estimate of drug-likeness (QED) is 0.834. The zero-order valence-electron chi connectivity index (χ0n) is 12.5. The van der Waals surface area contributed by atoms with Gasteiger partial charge < -0.3 is 5.11 Å². The molecule has 1 rings (SSSR count).